The number of amides is 1. The highest BCUT2D eigenvalue weighted by molar-refractivity contribution is 6.30. The van der Waals surface area contributed by atoms with E-state index in [-0.39, 0.29) is 18.3 Å². The van der Waals surface area contributed by atoms with Crippen molar-refractivity contribution < 1.29 is 13.9 Å². The van der Waals surface area contributed by atoms with E-state index in [1.165, 1.54) is 6.07 Å². The van der Waals surface area contributed by atoms with Gasteiger partial charge in [-0.1, -0.05) is 29.8 Å². The fourth-order valence-corrected chi connectivity index (χ4v) is 2.29. The maximum absolute atomic E-state index is 13.6. The first-order chi connectivity index (χ1) is 11.5. The molecule has 0 radical (unpaired) electrons. The lowest BCUT2D eigenvalue weighted by atomic mass is 10.2. The number of likely N-dealkylation sites (N-methyl/N-ethyl adjacent to an activating group) is 1. The predicted molar refractivity (Wildman–Crippen MR) is 92.7 cm³/mol. The Bertz CT molecular complexity index is 664. The van der Waals surface area contributed by atoms with E-state index >= 15 is 0 Å². The van der Waals surface area contributed by atoms with Gasteiger partial charge in [0.15, 0.2) is 0 Å². The van der Waals surface area contributed by atoms with Gasteiger partial charge in [-0.15, -0.1) is 0 Å². The molecule has 2 aromatic rings. The minimum Gasteiger partial charge on any atom is -0.492 e. The molecule has 2 rings (SSSR count). The van der Waals surface area contributed by atoms with Crippen molar-refractivity contribution in [2.75, 3.05) is 26.7 Å². The summed E-state index contributed by atoms with van der Waals surface area (Å²) < 4.78 is 19.1. The Morgan fingerprint density at radius 1 is 1.21 bits per heavy atom. The van der Waals surface area contributed by atoms with E-state index in [1.54, 1.807) is 54.4 Å². The van der Waals surface area contributed by atoms with Gasteiger partial charge >= 0.3 is 0 Å². The number of carbonyl (C=O) groups excluding carboxylic acids is 1. The lowest BCUT2D eigenvalue weighted by Crippen LogP contribution is -2.36. The second-order valence-electron chi connectivity index (χ2n) is 5.42. The molecular formula is C18H20ClFN2O2. The summed E-state index contributed by atoms with van der Waals surface area (Å²) >= 11 is 5.79. The number of benzene rings is 2. The third kappa shape index (κ3) is 6.18. The van der Waals surface area contributed by atoms with Crippen molar-refractivity contribution in [2.45, 2.75) is 6.54 Å². The third-order valence-electron chi connectivity index (χ3n) is 3.32. The molecule has 1 amide bonds. The van der Waals surface area contributed by atoms with Gasteiger partial charge in [0, 0.05) is 17.1 Å². The Labute approximate surface area is 146 Å². The molecule has 0 saturated carbocycles. The zero-order valence-electron chi connectivity index (χ0n) is 13.5. The Hall–Kier alpha value is -2.11. The molecule has 2 aromatic carbocycles. The van der Waals surface area contributed by atoms with Crippen LogP contribution in [0.25, 0.3) is 0 Å². The van der Waals surface area contributed by atoms with Gasteiger partial charge in [0.25, 0.3) is 0 Å². The maximum atomic E-state index is 13.6. The number of ether oxygens (including phenoxy) is 1. The van der Waals surface area contributed by atoms with Crippen LogP contribution in [0.4, 0.5) is 4.39 Å². The molecule has 0 heterocycles. The fraction of sp³-hybridized carbons (Fsp3) is 0.278. The van der Waals surface area contributed by atoms with Crippen molar-refractivity contribution in [3.8, 4) is 5.75 Å². The molecule has 0 spiro atoms. The van der Waals surface area contributed by atoms with Crippen molar-refractivity contribution in [3.05, 3.63) is 64.9 Å². The average molecular weight is 351 g/mol. The van der Waals surface area contributed by atoms with E-state index in [2.05, 4.69) is 5.32 Å². The summed E-state index contributed by atoms with van der Waals surface area (Å²) in [5.41, 5.74) is 0.568. The SMILES string of the molecule is CN(CC(=O)NCCOc1ccc(Cl)cc1)Cc1ccccc1F. The Morgan fingerprint density at radius 3 is 2.62 bits per heavy atom. The van der Waals surface area contributed by atoms with E-state index in [0.717, 1.165) is 0 Å². The smallest absolute Gasteiger partial charge is 0.234 e. The van der Waals surface area contributed by atoms with Crippen molar-refractivity contribution in [3.63, 3.8) is 0 Å². The first-order valence-corrected chi connectivity index (χ1v) is 7.99. The molecule has 0 aromatic heterocycles. The van der Waals surface area contributed by atoms with Crippen LogP contribution < -0.4 is 10.1 Å². The summed E-state index contributed by atoms with van der Waals surface area (Å²) in [6.07, 6.45) is 0. The Morgan fingerprint density at radius 2 is 1.92 bits per heavy atom. The monoisotopic (exact) mass is 350 g/mol. The van der Waals surface area contributed by atoms with Crippen LogP contribution in [-0.4, -0.2) is 37.6 Å². The quantitative estimate of drug-likeness (QED) is 0.744. The number of nitrogens with one attached hydrogen (secondary N) is 1. The van der Waals surface area contributed by atoms with Crippen LogP contribution in [0.5, 0.6) is 5.75 Å². The average Bonchev–Trinajstić information content (AvgIpc) is 2.55. The van der Waals surface area contributed by atoms with E-state index in [1.807, 2.05) is 0 Å². The number of rotatable bonds is 8. The summed E-state index contributed by atoms with van der Waals surface area (Å²) in [6.45, 7) is 1.33. The number of hydrogen-bond donors (Lipinski definition) is 1. The predicted octanol–water partition coefficient (Wildman–Crippen LogP) is 3.11. The second-order valence-corrected chi connectivity index (χ2v) is 5.85. The van der Waals surface area contributed by atoms with Gasteiger partial charge in [0.1, 0.15) is 18.2 Å². The zero-order valence-corrected chi connectivity index (χ0v) is 14.2. The van der Waals surface area contributed by atoms with Crippen molar-refractivity contribution in [1.29, 1.82) is 0 Å². The van der Waals surface area contributed by atoms with Gasteiger partial charge in [0.05, 0.1) is 13.1 Å². The van der Waals surface area contributed by atoms with Crippen LogP contribution in [0, 0.1) is 5.82 Å². The first kappa shape index (κ1) is 18.2. The van der Waals surface area contributed by atoms with E-state index in [9.17, 15) is 9.18 Å². The van der Waals surface area contributed by atoms with E-state index in [0.29, 0.717) is 36.0 Å². The van der Waals surface area contributed by atoms with Gasteiger partial charge in [-0.25, -0.2) is 4.39 Å². The van der Waals surface area contributed by atoms with E-state index < -0.39 is 0 Å². The van der Waals surface area contributed by atoms with Crippen LogP contribution in [-0.2, 0) is 11.3 Å². The molecule has 0 aliphatic rings. The molecule has 0 aliphatic heterocycles. The molecule has 0 bridgehead atoms. The molecule has 4 nitrogen and oxygen atoms in total. The lowest BCUT2D eigenvalue weighted by molar-refractivity contribution is -0.122. The molecule has 24 heavy (non-hydrogen) atoms. The first-order valence-electron chi connectivity index (χ1n) is 7.61. The number of hydrogen-bond acceptors (Lipinski definition) is 3. The molecule has 0 saturated heterocycles. The van der Waals surface area contributed by atoms with Crippen molar-refractivity contribution >= 4 is 17.5 Å². The molecule has 6 heteroatoms. The van der Waals surface area contributed by atoms with Crippen LogP contribution >= 0.6 is 11.6 Å². The summed E-state index contributed by atoms with van der Waals surface area (Å²) in [5, 5.41) is 3.42. The Balaban J connectivity index is 1.65. The topological polar surface area (TPSA) is 41.6 Å². The summed E-state index contributed by atoms with van der Waals surface area (Å²) in [6, 6.07) is 13.6. The molecule has 1 N–H and O–H groups in total. The summed E-state index contributed by atoms with van der Waals surface area (Å²) in [4.78, 5) is 13.6. The van der Waals surface area contributed by atoms with Crippen LogP contribution in [0.3, 0.4) is 0 Å². The molecule has 128 valence electrons. The summed E-state index contributed by atoms with van der Waals surface area (Å²) in [5.74, 6) is 0.306. The van der Waals surface area contributed by atoms with Crippen molar-refractivity contribution in [1.82, 2.24) is 10.2 Å². The third-order valence-corrected chi connectivity index (χ3v) is 3.57. The summed E-state index contributed by atoms with van der Waals surface area (Å²) in [7, 11) is 1.77. The Kier molecular flexibility index (Phi) is 7.03. The van der Waals surface area contributed by atoms with Crippen molar-refractivity contribution in [2.24, 2.45) is 0 Å². The standard InChI is InChI=1S/C18H20ClFN2O2/c1-22(12-14-4-2-3-5-17(14)20)13-18(23)21-10-11-24-16-8-6-15(19)7-9-16/h2-9H,10-13H2,1H3,(H,21,23). The molecule has 0 unspecified atom stereocenters. The maximum Gasteiger partial charge on any atom is 0.234 e. The minimum absolute atomic E-state index is 0.131. The van der Waals surface area contributed by atoms with Gasteiger partial charge in [-0.05, 0) is 37.4 Å². The molecule has 0 aliphatic carbocycles. The minimum atomic E-state index is -0.263. The number of nitrogens with zero attached hydrogens (tertiary/aromatic N) is 1. The second kappa shape index (κ2) is 9.25. The van der Waals surface area contributed by atoms with E-state index in [4.69, 9.17) is 16.3 Å². The molecule has 0 fully saturated rings. The fourth-order valence-electron chi connectivity index (χ4n) is 2.16. The van der Waals surface area contributed by atoms with Crippen LogP contribution in [0.15, 0.2) is 48.5 Å². The van der Waals surface area contributed by atoms with Gasteiger partial charge in [0.2, 0.25) is 5.91 Å². The molecule has 0 atom stereocenters. The van der Waals surface area contributed by atoms with Gasteiger partial charge in [-0.3, -0.25) is 9.69 Å². The van der Waals surface area contributed by atoms with Gasteiger partial charge in [-0.2, -0.15) is 0 Å². The largest absolute Gasteiger partial charge is 0.492 e. The highest BCUT2D eigenvalue weighted by atomic mass is 35.5. The number of halogens is 2. The number of carbonyl (C=O) groups is 1. The van der Waals surface area contributed by atoms with Gasteiger partial charge < -0.3 is 10.1 Å². The normalized spacial score (nSPS) is 10.7. The lowest BCUT2D eigenvalue weighted by Gasteiger charge is -2.16. The van der Waals surface area contributed by atoms with Crippen LogP contribution in [0.1, 0.15) is 5.56 Å². The highest BCUT2D eigenvalue weighted by Crippen LogP contribution is 2.15. The highest BCUT2D eigenvalue weighted by Gasteiger charge is 2.09. The molecular weight excluding hydrogens is 331 g/mol. The van der Waals surface area contributed by atoms with Crippen LogP contribution in [0.2, 0.25) is 5.02 Å². The zero-order chi connectivity index (χ0) is 17.4.